The van der Waals surface area contributed by atoms with Crippen molar-refractivity contribution in [2.45, 2.75) is 32.7 Å². The largest absolute Gasteiger partial charge is 0.333 e. The summed E-state index contributed by atoms with van der Waals surface area (Å²) in [7, 11) is 2.09. The molecule has 0 saturated carbocycles. The van der Waals surface area contributed by atoms with Crippen molar-refractivity contribution in [1.82, 2.24) is 25.0 Å². The van der Waals surface area contributed by atoms with Crippen molar-refractivity contribution in [1.29, 1.82) is 0 Å². The molecule has 0 aliphatic carbocycles. The van der Waals surface area contributed by atoms with Crippen molar-refractivity contribution in [2.24, 2.45) is 0 Å². The van der Waals surface area contributed by atoms with Crippen LogP contribution in [0, 0.1) is 0 Å². The lowest BCUT2D eigenvalue weighted by Gasteiger charge is -2.44. The van der Waals surface area contributed by atoms with Crippen molar-refractivity contribution >= 4 is 5.91 Å². The lowest BCUT2D eigenvalue weighted by Crippen LogP contribution is -2.59. The number of nitrogens with one attached hydrogen (secondary N) is 1. The zero-order valence-electron chi connectivity index (χ0n) is 11.5. The van der Waals surface area contributed by atoms with E-state index < -0.39 is 0 Å². The van der Waals surface area contributed by atoms with E-state index in [-0.39, 0.29) is 17.3 Å². The van der Waals surface area contributed by atoms with Crippen molar-refractivity contribution in [2.75, 3.05) is 26.7 Å². The molecule has 18 heavy (non-hydrogen) atoms. The van der Waals surface area contributed by atoms with Crippen LogP contribution in [0.5, 0.6) is 0 Å². The Balaban J connectivity index is 2.10. The normalized spacial score (nSPS) is 20.1. The van der Waals surface area contributed by atoms with Gasteiger partial charge in [-0.1, -0.05) is 6.92 Å². The van der Waals surface area contributed by atoms with Crippen LogP contribution in [-0.2, 0) is 6.42 Å². The molecule has 1 saturated heterocycles. The topological polar surface area (TPSA) is 65.1 Å². The van der Waals surface area contributed by atoms with Crippen molar-refractivity contribution in [3.63, 3.8) is 0 Å². The number of amides is 1. The lowest BCUT2D eigenvalue weighted by molar-refractivity contribution is 0.0303. The van der Waals surface area contributed by atoms with Gasteiger partial charge >= 0.3 is 0 Å². The van der Waals surface area contributed by atoms with Crippen LogP contribution in [0.4, 0.5) is 0 Å². The van der Waals surface area contributed by atoms with Gasteiger partial charge in [-0.3, -0.25) is 14.8 Å². The summed E-state index contributed by atoms with van der Waals surface area (Å²) >= 11 is 0. The quantitative estimate of drug-likeness (QED) is 0.833. The maximum Gasteiger partial charge on any atom is 0.293 e. The minimum absolute atomic E-state index is 0.00218. The highest BCUT2D eigenvalue weighted by Gasteiger charge is 2.34. The Labute approximate surface area is 107 Å². The number of carbonyl (C=O) groups excluding carboxylic acids is 1. The third-order valence-corrected chi connectivity index (χ3v) is 3.66. The SMILES string of the molecule is CCc1nc(C(=O)N2CCN(C)C(C)(C)C2)n[nH]1. The fourth-order valence-corrected chi connectivity index (χ4v) is 2.10. The molecule has 0 bridgehead atoms. The van der Waals surface area contributed by atoms with E-state index >= 15 is 0 Å². The molecule has 1 aliphatic heterocycles. The first-order valence-corrected chi connectivity index (χ1v) is 6.36. The summed E-state index contributed by atoms with van der Waals surface area (Å²) in [5.74, 6) is 0.964. The summed E-state index contributed by atoms with van der Waals surface area (Å²) in [6.45, 7) is 8.58. The molecule has 1 aromatic heterocycles. The minimum atomic E-state index is -0.0767. The number of aromatic amines is 1. The molecule has 0 spiro atoms. The second-order valence-electron chi connectivity index (χ2n) is 5.42. The Bertz CT molecular complexity index is 439. The van der Waals surface area contributed by atoms with Crippen molar-refractivity contribution < 1.29 is 4.79 Å². The lowest BCUT2D eigenvalue weighted by atomic mass is 10.00. The molecule has 0 radical (unpaired) electrons. The number of H-pyrrole nitrogens is 1. The Hall–Kier alpha value is -1.43. The molecule has 6 nitrogen and oxygen atoms in total. The summed E-state index contributed by atoms with van der Waals surface area (Å²) < 4.78 is 0. The highest BCUT2D eigenvalue weighted by Crippen LogP contribution is 2.19. The number of nitrogens with zero attached hydrogens (tertiary/aromatic N) is 4. The minimum Gasteiger partial charge on any atom is -0.333 e. The van der Waals surface area contributed by atoms with E-state index in [0.29, 0.717) is 6.54 Å². The first kappa shape index (κ1) is 13.0. The number of likely N-dealkylation sites (N-methyl/N-ethyl adjacent to an activating group) is 1. The maximum absolute atomic E-state index is 12.3. The number of aromatic nitrogens is 3. The molecular formula is C12H21N5O. The van der Waals surface area contributed by atoms with E-state index in [9.17, 15) is 4.79 Å². The first-order chi connectivity index (χ1) is 8.44. The molecule has 6 heteroatoms. The third kappa shape index (κ3) is 2.38. The fourth-order valence-electron chi connectivity index (χ4n) is 2.10. The molecule has 2 rings (SSSR count). The zero-order valence-corrected chi connectivity index (χ0v) is 11.5. The molecule has 1 amide bonds. The maximum atomic E-state index is 12.3. The number of hydrogen-bond acceptors (Lipinski definition) is 4. The van der Waals surface area contributed by atoms with E-state index in [2.05, 4.69) is 41.0 Å². The average Bonchev–Trinajstić information content (AvgIpc) is 2.80. The smallest absolute Gasteiger partial charge is 0.293 e. The molecule has 0 atom stereocenters. The Morgan fingerprint density at radius 2 is 2.17 bits per heavy atom. The van der Waals surface area contributed by atoms with Gasteiger partial charge in [0.05, 0.1) is 0 Å². The summed E-state index contributed by atoms with van der Waals surface area (Å²) in [5.41, 5.74) is -0.00218. The van der Waals surface area contributed by atoms with Gasteiger partial charge < -0.3 is 4.90 Å². The van der Waals surface area contributed by atoms with Crippen LogP contribution >= 0.6 is 0 Å². The number of carbonyl (C=O) groups is 1. The Kier molecular flexibility index (Phi) is 3.38. The summed E-state index contributed by atoms with van der Waals surface area (Å²) in [4.78, 5) is 20.6. The van der Waals surface area contributed by atoms with Gasteiger partial charge in [-0.25, -0.2) is 4.98 Å². The van der Waals surface area contributed by atoms with Crippen LogP contribution in [0.1, 0.15) is 37.2 Å². The van der Waals surface area contributed by atoms with E-state index in [4.69, 9.17) is 0 Å². The summed E-state index contributed by atoms with van der Waals surface area (Å²) in [5, 5.41) is 6.77. The van der Waals surface area contributed by atoms with Crippen LogP contribution < -0.4 is 0 Å². The molecule has 1 aliphatic rings. The van der Waals surface area contributed by atoms with E-state index in [1.54, 1.807) is 0 Å². The monoisotopic (exact) mass is 251 g/mol. The predicted molar refractivity (Wildman–Crippen MR) is 68.4 cm³/mol. The van der Waals surface area contributed by atoms with E-state index in [1.165, 1.54) is 0 Å². The number of hydrogen-bond donors (Lipinski definition) is 1. The van der Waals surface area contributed by atoms with Crippen LogP contribution in [-0.4, -0.2) is 63.1 Å². The standard InChI is InChI=1S/C12H21N5O/c1-5-9-13-10(15-14-9)11(18)17-7-6-16(4)12(2,3)8-17/h5-8H2,1-4H3,(H,13,14,15). The average molecular weight is 251 g/mol. The van der Waals surface area contributed by atoms with E-state index in [0.717, 1.165) is 25.3 Å². The molecule has 0 unspecified atom stereocenters. The molecule has 1 aromatic rings. The van der Waals surface area contributed by atoms with Crippen LogP contribution in [0.3, 0.4) is 0 Å². The van der Waals surface area contributed by atoms with Crippen LogP contribution in [0.25, 0.3) is 0 Å². The molecule has 2 heterocycles. The van der Waals surface area contributed by atoms with Gasteiger partial charge in [-0.15, -0.1) is 5.10 Å². The second-order valence-corrected chi connectivity index (χ2v) is 5.42. The first-order valence-electron chi connectivity index (χ1n) is 6.36. The summed E-state index contributed by atoms with van der Waals surface area (Å²) in [6.07, 6.45) is 0.758. The van der Waals surface area contributed by atoms with Gasteiger partial charge in [0.25, 0.3) is 5.91 Å². The van der Waals surface area contributed by atoms with E-state index in [1.807, 2.05) is 11.8 Å². The van der Waals surface area contributed by atoms with Gasteiger partial charge in [-0.2, -0.15) is 0 Å². The zero-order chi connectivity index (χ0) is 13.3. The second kappa shape index (κ2) is 4.68. The van der Waals surface area contributed by atoms with Gasteiger partial charge in [0.2, 0.25) is 5.82 Å². The molecule has 0 aromatic carbocycles. The van der Waals surface area contributed by atoms with Gasteiger partial charge in [0.15, 0.2) is 0 Å². The Morgan fingerprint density at radius 3 is 2.72 bits per heavy atom. The molecule has 1 N–H and O–H groups in total. The van der Waals surface area contributed by atoms with Crippen LogP contribution in [0.15, 0.2) is 0 Å². The number of rotatable bonds is 2. The summed E-state index contributed by atoms with van der Waals surface area (Å²) in [6, 6.07) is 0. The molecular weight excluding hydrogens is 230 g/mol. The van der Waals surface area contributed by atoms with Crippen molar-refractivity contribution in [3.05, 3.63) is 11.6 Å². The number of aryl methyl sites for hydroxylation is 1. The fraction of sp³-hybridized carbons (Fsp3) is 0.750. The van der Waals surface area contributed by atoms with Crippen LogP contribution in [0.2, 0.25) is 0 Å². The van der Waals surface area contributed by atoms with Gasteiger partial charge in [0.1, 0.15) is 5.82 Å². The van der Waals surface area contributed by atoms with Gasteiger partial charge in [0, 0.05) is 31.6 Å². The van der Waals surface area contributed by atoms with Crippen molar-refractivity contribution in [3.8, 4) is 0 Å². The highest BCUT2D eigenvalue weighted by molar-refractivity contribution is 5.90. The highest BCUT2D eigenvalue weighted by atomic mass is 16.2. The molecule has 100 valence electrons. The predicted octanol–water partition coefficient (Wildman–Crippen LogP) is 0.533. The Morgan fingerprint density at radius 1 is 1.44 bits per heavy atom. The molecule has 1 fully saturated rings. The van der Waals surface area contributed by atoms with Gasteiger partial charge in [-0.05, 0) is 20.9 Å². The number of piperazine rings is 1. The third-order valence-electron chi connectivity index (χ3n) is 3.66.